The van der Waals surface area contributed by atoms with Crippen LogP contribution in [0.1, 0.15) is 75.3 Å². The minimum atomic E-state index is -3.49. The van der Waals surface area contributed by atoms with E-state index in [-0.39, 0.29) is 37.1 Å². The monoisotopic (exact) mass is 1960 g/mol. The van der Waals surface area contributed by atoms with Crippen LogP contribution in [-0.2, 0) is 23.8 Å². The normalized spacial score (nSPS) is 13.0. The molecule has 3 aliphatic rings. The molecule has 2 saturated heterocycles. The van der Waals surface area contributed by atoms with Crippen LogP contribution in [0.15, 0.2) is 310 Å². The maximum absolute atomic E-state index is 11.8. The van der Waals surface area contributed by atoms with Crippen LogP contribution in [0, 0.1) is 53.9 Å². The predicted octanol–water partition coefficient (Wildman–Crippen LogP) is 21.7. The first kappa shape index (κ1) is 108. The van der Waals surface area contributed by atoms with E-state index in [1.807, 2.05) is 243 Å². The maximum Gasteiger partial charge on any atom is 0.410 e. The van der Waals surface area contributed by atoms with E-state index in [1.54, 1.807) is 70.6 Å². The van der Waals surface area contributed by atoms with Gasteiger partial charge in [-0.05, 0) is 215 Å². The number of benzene rings is 9. The molecular formula is C105H105BrN21O12S+. The van der Waals surface area contributed by atoms with E-state index in [0.717, 1.165) is 151 Å². The number of likely N-dealkylation sites (tertiary alicyclic amines) is 1. The molecule has 5 aromatic heterocycles. The van der Waals surface area contributed by atoms with Crippen molar-refractivity contribution in [2.75, 3.05) is 61.5 Å². The number of primary amides is 1. The van der Waals surface area contributed by atoms with E-state index in [0.29, 0.717) is 70.8 Å². The van der Waals surface area contributed by atoms with Gasteiger partial charge in [-0.15, -0.1) is 0 Å². The summed E-state index contributed by atoms with van der Waals surface area (Å²) in [5, 5.41) is 28.1. The standard InChI is InChI=1S/C23H23N5O.C18H13N4O.C17H11BrN2O.C17H13N3O.C14H12O2.C11H21NO5S.C3H2N2.CH4N2.CH3NO.H3N/c24-22-21-20(14-28(23(21)27-15-26-22)17-5-4-12-25-13-17)16-8-10-19(11-9-16)29-18-6-2-1-3-7-18;19-17-16-15(10-20-18(16)22-11-21-17)12-6-8-14(9-7-12)23-13-4-2-1-3-5-13;1-20-17(12-19)16(11-18)13-7-9-15(10-8-13)21-14-5-3-2-4-6-14;1-19-16-15(11-20-17(16)18)12-7-9-14(10-8-12)21-13-5-3-2-4-6-13;1-11(15)12-7-9-14(10-8-12)16-13-5-3-2-4-6-13;1-11(2,3)16-10(13)12-7-5-6-9(8-12)17-18(4,14)15;1-5-3-2-4;2*2-1-3;/h1-3,6-11,14-15,17,25H,4-5,12-13H2,(H2,24,26,27);2-11H,(H3,19,20,21,22);2-10H,11H2;2-11,20H,18H2;2-10H,1H3;9H,5-8H2,1-4H3;3H2;1H,(H3,2,3);1H,(H2,2,3);1H3/q;+1;;;;;;;;/b;;17-16-;;;;;;;. The topological polar surface area (TPSA) is 503 Å². The lowest BCUT2D eigenvalue weighted by atomic mass is 10.1. The Kier molecular flexibility index (Phi) is 43.0. The highest BCUT2D eigenvalue weighted by Crippen LogP contribution is 2.40. The molecule has 17 rings (SSSR count). The van der Waals surface area contributed by atoms with Crippen LogP contribution >= 0.6 is 15.9 Å². The van der Waals surface area contributed by atoms with Crippen molar-refractivity contribution in [2.24, 2.45) is 11.5 Å². The van der Waals surface area contributed by atoms with Crippen LogP contribution in [-0.4, -0.2) is 128 Å². The number of hydrogen-bond acceptors (Lipinski definition) is 24. The van der Waals surface area contributed by atoms with Gasteiger partial charge in [0.1, 0.15) is 117 Å². The molecule has 14 aromatic rings. The Labute approximate surface area is 821 Å². The van der Waals surface area contributed by atoms with Gasteiger partial charge in [0.2, 0.25) is 17.9 Å². The third-order valence-electron chi connectivity index (χ3n) is 19.7. The lowest BCUT2D eigenvalue weighted by molar-refractivity contribution is -0.106. The zero-order valence-corrected chi connectivity index (χ0v) is 79.8. The zero-order valence-electron chi connectivity index (χ0n) is 77.4. The average Bonchev–Trinajstić information content (AvgIpc) is 1.61. The lowest BCUT2D eigenvalue weighted by Gasteiger charge is -2.33. The van der Waals surface area contributed by atoms with E-state index in [2.05, 4.69) is 106 Å². The summed E-state index contributed by atoms with van der Waals surface area (Å²) in [6.07, 6.45) is 23.9. The molecule has 0 saturated carbocycles. The van der Waals surface area contributed by atoms with Crippen molar-refractivity contribution < 1.29 is 55.4 Å². The number of hydrogen-bond donors (Lipinski definition) is 10. The molecule has 2 unspecified atom stereocenters. The molecule has 2 atom stereocenters. The molecular weight excluding hydrogens is 1860 g/mol. The molecule has 33 nitrogen and oxygen atoms in total. The van der Waals surface area contributed by atoms with Crippen LogP contribution in [0.25, 0.3) is 75.6 Å². The number of allylic oxidation sites excluding steroid dienone is 7. The van der Waals surface area contributed by atoms with Gasteiger partial charge in [0.15, 0.2) is 5.78 Å². The number of alkyl halides is 1. The van der Waals surface area contributed by atoms with E-state index in [1.165, 1.54) is 11.2 Å². The fourth-order valence-corrected chi connectivity index (χ4v) is 14.8. The zero-order chi connectivity index (χ0) is 99.9. The predicted molar refractivity (Wildman–Crippen MR) is 549 cm³/mol. The summed E-state index contributed by atoms with van der Waals surface area (Å²) in [6, 6.07) is 80.3. The Balaban J connectivity index is 0.000000203. The van der Waals surface area contributed by atoms with Crippen LogP contribution < -0.4 is 63.8 Å². The van der Waals surface area contributed by atoms with Crippen LogP contribution in [0.5, 0.6) is 51.7 Å². The minimum absolute atomic E-state index is 0. The van der Waals surface area contributed by atoms with E-state index in [4.69, 9.17) is 90.2 Å². The number of rotatable bonds is 19. The van der Waals surface area contributed by atoms with Crippen molar-refractivity contribution in [3.8, 4) is 97.3 Å². The quantitative estimate of drug-likeness (QED) is 0.00414. The number of carbonyl (C=O) groups excluding carboxylic acids is 3. The van der Waals surface area contributed by atoms with Gasteiger partial charge in [0, 0.05) is 65.2 Å². The Morgan fingerprint density at radius 2 is 1.09 bits per heavy atom. The second-order valence-corrected chi connectivity index (χ2v) is 33.0. The highest BCUT2D eigenvalue weighted by molar-refractivity contribution is 9.09. The van der Waals surface area contributed by atoms with Gasteiger partial charge in [0.05, 0.1) is 67.4 Å². The van der Waals surface area contributed by atoms with Gasteiger partial charge >= 0.3 is 6.09 Å². The van der Waals surface area contributed by atoms with E-state index >= 15 is 0 Å². The number of ketones is 1. The largest absolute Gasteiger partial charge is 0.457 e. The SMILES string of the molecule is CC(=O)c1ccc(Oc2ccccc2)cc1.CC(C)(C)OC(=O)N1CCCC(OS(C)(=O)=O)C1.N.N=CN.NC=O.Nc1ncnc2[nH]cc(-c3ccc(OC4=CC=[C+]C=C4)cc3)c12.Nc1ncnc2c1c(-c1ccc(Oc3ccccc3)cc1)cn2C1CCCNC1.[C-]#[N+]/C(C#N)=C(/CBr)c1ccc(Oc2ccccc2)cc1.[C-]#[N+]CC#N.[C-]#[N+]c1c(-c2ccc(Oc3ccccc3)cc2)c[nH]c1N. The summed E-state index contributed by atoms with van der Waals surface area (Å²) in [5.41, 5.74) is 36.2. The third kappa shape index (κ3) is 34.1. The van der Waals surface area contributed by atoms with E-state index in [9.17, 15) is 18.0 Å². The molecule has 2 amide bonds. The second-order valence-electron chi connectivity index (χ2n) is 30.8. The summed E-state index contributed by atoms with van der Waals surface area (Å²) >= 11 is 3.32. The van der Waals surface area contributed by atoms with Crippen molar-refractivity contribution in [3.05, 3.63) is 361 Å². The summed E-state index contributed by atoms with van der Waals surface area (Å²) in [4.78, 5) is 65.5. The summed E-state index contributed by atoms with van der Waals surface area (Å²) < 4.78 is 63.2. The number of ether oxygens (including phenoxy) is 6. The minimum Gasteiger partial charge on any atom is -0.457 e. The number of nitriles is 2. The molecule has 2 aliphatic heterocycles. The number of H-pyrrole nitrogens is 2. The number of Topliss-reactive ketones (excluding diaryl/α,β-unsaturated/α-hetero) is 1. The van der Waals surface area contributed by atoms with Gasteiger partial charge in [-0.2, -0.15) is 13.7 Å². The molecule has 17 N–H and O–H groups in total. The fourth-order valence-electron chi connectivity index (χ4n) is 13.6. The molecule has 140 heavy (non-hydrogen) atoms. The Bertz CT molecular complexity index is 6790. The molecule has 714 valence electrons. The molecule has 7 heterocycles. The number of para-hydroxylation sites is 4. The van der Waals surface area contributed by atoms with Crippen LogP contribution in [0.3, 0.4) is 0 Å². The Morgan fingerprint density at radius 1 is 0.629 bits per heavy atom. The maximum atomic E-state index is 11.8. The number of aromatic nitrogens is 7. The number of anilines is 3. The highest BCUT2D eigenvalue weighted by Gasteiger charge is 2.30. The van der Waals surface area contributed by atoms with Crippen LogP contribution in [0.2, 0.25) is 0 Å². The second kappa shape index (κ2) is 55.9. The number of nitrogens with two attached hydrogens (primary N) is 5. The summed E-state index contributed by atoms with van der Waals surface area (Å²) in [6.45, 7) is 30.0. The van der Waals surface area contributed by atoms with E-state index < -0.39 is 27.9 Å². The van der Waals surface area contributed by atoms with Gasteiger partial charge in [-0.1, -0.05) is 137 Å². The number of piperidine rings is 2. The van der Waals surface area contributed by atoms with Gasteiger partial charge < -0.3 is 92.8 Å². The Morgan fingerprint density at radius 3 is 1.51 bits per heavy atom. The Hall–Kier alpha value is -17.6. The lowest BCUT2D eigenvalue weighted by Crippen LogP contribution is -2.45. The number of halogens is 1. The van der Waals surface area contributed by atoms with Gasteiger partial charge in [0.25, 0.3) is 22.4 Å². The number of nitrogens with zero attached hydrogens (tertiary/aromatic N) is 11. The number of carbonyl (C=O) groups is 3. The fraction of sp³-hybridized carbons (Fsp3) is 0.171. The first-order chi connectivity index (χ1) is 67.2. The summed E-state index contributed by atoms with van der Waals surface area (Å²) in [7, 11) is -3.49. The number of amides is 2. The number of nitrogens with one attached hydrogen (secondary N) is 4. The number of nitrogen functional groups attached to an aromatic ring is 3. The molecule has 0 bridgehead atoms. The number of aromatic amines is 2. The van der Waals surface area contributed by atoms with Crippen LogP contribution in [0.4, 0.5) is 27.9 Å². The molecule has 0 radical (unpaired) electrons. The molecule has 9 aromatic carbocycles. The highest BCUT2D eigenvalue weighted by atomic mass is 79.9. The van der Waals surface area contributed by atoms with Gasteiger partial charge in [-0.3, -0.25) is 19.2 Å². The smallest absolute Gasteiger partial charge is 0.410 e. The summed E-state index contributed by atoms with van der Waals surface area (Å²) in [5.74, 6) is 9.12. The first-order valence-electron chi connectivity index (χ1n) is 43.0. The molecule has 35 heteroatoms. The van der Waals surface area contributed by atoms with Crippen molar-refractivity contribution >= 4 is 101 Å². The van der Waals surface area contributed by atoms with Crippen molar-refractivity contribution in [1.82, 2.24) is 50.8 Å². The van der Waals surface area contributed by atoms with Crippen molar-refractivity contribution in [2.45, 2.75) is 71.1 Å². The molecule has 0 spiro atoms. The van der Waals surface area contributed by atoms with Crippen molar-refractivity contribution in [1.29, 1.82) is 15.9 Å². The average molecular weight is 1970 g/mol. The molecule has 2 fully saturated rings. The molecule has 1 aliphatic carbocycles. The van der Waals surface area contributed by atoms with Gasteiger partial charge in [-0.25, -0.2) is 46.3 Å². The van der Waals surface area contributed by atoms with Crippen molar-refractivity contribution in [3.63, 3.8) is 0 Å². The first-order valence-corrected chi connectivity index (χ1v) is 46.0. The third-order valence-corrected chi connectivity index (χ3v) is 20.9. The number of fused-ring (bicyclic) bond motifs is 2.